The van der Waals surface area contributed by atoms with Gasteiger partial charge in [0.05, 0.1) is 0 Å². The molecule has 0 aromatic heterocycles. The summed E-state index contributed by atoms with van der Waals surface area (Å²) in [6.07, 6.45) is 13.5. The van der Waals surface area contributed by atoms with Crippen LogP contribution in [0.2, 0.25) is 0 Å². The van der Waals surface area contributed by atoms with Crippen LogP contribution in [-0.2, 0) is 16.0 Å². The lowest BCUT2D eigenvalue weighted by atomic mass is 9.93. The van der Waals surface area contributed by atoms with E-state index in [-0.39, 0.29) is 11.8 Å². The maximum Gasteiger partial charge on any atom is 0.248 e. The molecule has 4 heteroatoms. The Labute approximate surface area is 155 Å². The van der Waals surface area contributed by atoms with E-state index in [9.17, 15) is 9.59 Å². The summed E-state index contributed by atoms with van der Waals surface area (Å²) in [6.45, 7) is 3.90. The first-order valence-corrected chi connectivity index (χ1v) is 9.04. The Morgan fingerprint density at radius 1 is 1.23 bits per heavy atom. The highest BCUT2D eigenvalue weighted by Gasteiger charge is 2.30. The molecule has 2 rings (SSSR count). The summed E-state index contributed by atoms with van der Waals surface area (Å²) >= 11 is 0. The maximum atomic E-state index is 12.9. The molecule has 0 radical (unpaired) electrons. The van der Waals surface area contributed by atoms with Crippen molar-refractivity contribution >= 4 is 11.8 Å². The van der Waals surface area contributed by atoms with Gasteiger partial charge in [0.1, 0.15) is 11.6 Å². The summed E-state index contributed by atoms with van der Waals surface area (Å²) in [5.41, 5.74) is 0.945. The van der Waals surface area contributed by atoms with Gasteiger partial charge in [-0.1, -0.05) is 68.3 Å². The van der Waals surface area contributed by atoms with Gasteiger partial charge in [-0.3, -0.25) is 9.59 Å². The topological polar surface area (TPSA) is 58.2 Å². The first-order valence-electron chi connectivity index (χ1n) is 9.04. The van der Waals surface area contributed by atoms with Gasteiger partial charge in [0, 0.05) is 12.0 Å². The third-order valence-corrected chi connectivity index (χ3v) is 4.81. The average Bonchev–Trinajstić information content (AvgIpc) is 3.21. The van der Waals surface area contributed by atoms with Gasteiger partial charge >= 0.3 is 0 Å². The molecule has 1 aliphatic carbocycles. The number of carbonyl (C=O) groups excluding carboxylic acids is 2. The fourth-order valence-electron chi connectivity index (χ4n) is 2.92. The van der Waals surface area contributed by atoms with E-state index in [2.05, 4.69) is 16.6 Å². The SMILES string of the molecule is C#CC(CC)(CC)NC(=O)[C@H](Cc1ccccc1)NC(=O)C1=CC=CC1. The molecule has 0 saturated heterocycles. The summed E-state index contributed by atoms with van der Waals surface area (Å²) in [5, 5.41) is 5.85. The van der Waals surface area contributed by atoms with E-state index >= 15 is 0 Å². The number of rotatable bonds is 8. The highest BCUT2D eigenvalue weighted by atomic mass is 16.2. The molecule has 0 bridgehead atoms. The minimum absolute atomic E-state index is 0.217. The third-order valence-electron chi connectivity index (χ3n) is 4.81. The first kappa shape index (κ1) is 19.5. The van der Waals surface area contributed by atoms with Gasteiger partial charge in [0.2, 0.25) is 11.8 Å². The molecule has 1 atom stereocenters. The summed E-state index contributed by atoms with van der Waals surface area (Å²) < 4.78 is 0. The second-order valence-corrected chi connectivity index (χ2v) is 6.46. The number of nitrogens with one attached hydrogen (secondary N) is 2. The van der Waals surface area contributed by atoms with Gasteiger partial charge in [0.25, 0.3) is 0 Å². The van der Waals surface area contributed by atoms with Crippen molar-refractivity contribution in [3.8, 4) is 12.3 Å². The van der Waals surface area contributed by atoms with Crippen LogP contribution >= 0.6 is 0 Å². The molecule has 1 aromatic rings. The molecule has 0 unspecified atom stereocenters. The molecule has 0 saturated carbocycles. The molecule has 1 aliphatic rings. The lowest BCUT2D eigenvalue weighted by Gasteiger charge is -2.30. The van der Waals surface area contributed by atoms with Crippen molar-refractivity contribution in [3.63, 3.8) is 0 Å². The summed E-state index contributed by atoms with van der Waals surface area (Å²) in [6, 6.07) is 8.95. The summed E-state index contributed by atoms with van der Waals surface area (Å²) in [5.74, 6) is 2.24. The number of benzene rings is 1. The fraction of sp³-hybridized carbons (Fsp3) is 0.364. The molecular weight excluding hydrogens is 324 g/mol. The molecule has 0 spiro atoms. The van der Waals surface area contributed by atoms with Crippen molar-refractivity contribution in [3.05, 3.63) is 59.7 Å². The van der Waals surface area contributed by atoms with E-state index in [1.807, 2.05) is 56.3 Å². The normalized spacial score (nSPS) is 14.3. The summed E-state index contributed by atoms with van der Waals surface area (Å²) in [7, 11) is 0. The molecule has 0 aliphatic heterocycles. The minimum atomic E-state index is -0.690. The van der Waals surface area contributed by atoms with Crippen molar-refractivity contribution in [2.24, 2.45) is 0 Å². The maximum absolute atomic E-state index is 12.9. The average molecular weight is 350 g/mol. The lowest BCUT2D eigenvalue weighted by Crippen LogP contribution is -2.55. The van der Waals surface area contributed by atoms with Gasteiger partial charge in [-0.2, -0.15) is 0 Å². The Morgan fingerprint density at radius 3 is 2.46 bits per heavy atom. The second-order valence-electron chi connectivity index (χ2n) is 6.46. The van der Waals surface area contributed by atoms with Crippen LogP contribution in [0.3, 0.4) is 0 Å². The third kappa shape index (κ3) is 4.86. The van der Waals surface area contributed by atoms with E-state index in [1.54, 1.807) is 6.08 Å². The molecular formula is C22H26N2O2. The zero-order chi connectivity index (χ0) is 19.0. The van der Waals surface area contributed by atoms with Crippen LogP contribution < -0.4 is 10.6 Å². The fourth-order valence-corrected chi connectivity index (χ4v) is 2.92. The number of hydrogen-bond donors (Lipinski definition) is 2. The van der Waals surface area contributed by atoms with Gasteiger partial charge in [-0.15, -0.1) is 6.42 Å². The number of carbonyl (C=O) groups is 2. The largest absolute Gasteiger partial charge is 0.340 e. The Morgan fingerprint density at radius 2 is 1.92 bits per heavy atom. The van der Waals surface area contributed by atoms with Crippen molar-refractivity contribution < 1.29 is 9.59 Å². The second kappa shape index (κ2) is 9.05. The predicted octanol–water partition coefficient (Wildman–Crippen LogP) is 2.91. The standard InChI is InChI=1S/C22H26N2O2/c1-4-22(5-2,6-3)24-21(26)19(16-17-12-8-7-9-13-17)23-20(25)18-14-10-11-15-18/h1,7-14,19H,5-6,15-16H2,2-3H3,(H,23,25)(H,24,26)/t19-/m0/s1. The van der Waals surface area contributed by atoms with Crippen molar-refractivity contribution in [2.45, 2.75) is 51.1 Å². The Balaban J connectivity index is 2.17. The van der Waals surface area contributed by atoms with Crippen molar-refractivity contribution in [1.82, 2.24) is 10.6 Å². The zero-order valence-electron chi connectivity index (χ0n) is 15.4. The number of hydrogen-bond acceptors (Lipinski definition) is 2. The van der Waals surface area contributed by atoms with Crippen LogP contribution in [0.15, 0.2) is 54.1 Å². The molecule has 1 aromatic carbocycles. The van der Waals surface area contributed by atoms with Crippen LogP contribution in [0.5, 0.6) is 0 Å². The van der Waals surface area contributed by atoms with Crippen LogP contribution in [0.25, 0.3) is 0 Å². The van der Waals surface area contributed by atoms with E-state index in [4.69, 9.17) is 6.42 Å². The highest BCUT2D eigenvalue weighted by molar-refractivity contribution is 5.98. The van der Waals surface area contributed by atoms with E-state index < -0.39 is 11.6 Å². The van der Waals surface area contributed by atoms with Crippen LogP contribution in [0, 0.1) is 12.3 Å². The first-order chi connectivity index (χ1) is 12.5. The van der Waals surface area contributed by atoms with E-state index in [0.29, 0.717) is 31.3 Å². The highest BCUT2D eigenvalue weighted by Crippen LogP contribution is 2.16. The summed E-state index contributed by atoms with van der Waals surface area (Å²) in [4.78, 5) is 25.4. The van der Waals surface area contributed by atoms with Gasteiger partial charge < -0.3 is 10.6 Å². The van der Waals surface area contributed by atoms with Crippen LogP contribution in [0.4, 0.5) is 0 Å². The van der Waals surface area contributed by atoms with Gasteiger partial charge in [0.15, 0.2) is 0 Å². The number of terminal acetylenes is 1. The monoisotopic (exact) mass is 350 g/mol. The minimum Gasteiger partial charge on any atom is -0.340 e. The molecule has 136 valence electrons. The van der Waals surface area contributed by atoms with Crippen LogP contribution in [0.1, 0.15) is 38.7 Å². The van der Waals surface area contributed by atoms with E-state index in [1.165, 1.54) is 0 Å². The molecule has 2 N–H and O–H groups in total. The molecule has 2 amide bonds. The smallest absolute Gasteiger partial charge is 0.248 e. The van der Waals surface area contributed by atoms with Crippen molar-refractivity contribution in [2.75, 3.05) is 0 Å². The molecule has 4 nitrogen and oxygen atoms in total. The Kier molecular flexibility index (Phi) is 6.80. The molecule has 26 heavy (non-hydrogen) atoms. The number of amides is 2. The predicted molar refractivity (Wildman–Crippen MR) is 104 cm³/mol. The molecule has 0 heterocycles. The van der Waals surface area contributed by atoms with Crippen LogP contribution in [-0.4, -0.2) is 23.4 Å². The lowest BCUT2D eigenvalue weighted by molar-refractivity contribution is -0.128. The Bertz CT molecular complexity index is 737. The quantitative estimate of drug-likeness (QED) is 0.708. The Hall–Kier alpha value is -2.80. The van der Waals surface area contributed by atoms with E-state index in [0.717, 1.165) is 5.56 Å². The molecule has 0 fully saturated rings. The van der Waals surface area contributed by atoms with Gasteiger partial charge in [-0.25, -0.2) is 0 Å². The zero-order valence-corrected chi connectivity index (χ0v) is 15.4. The number of allylic oxidation sites excluding steroid dienone is 3. The van der Waals surface area contributed by atoms with Crippen molar-refractivity contribution in [1.29, 1.82) is 0 Å². The van der Waals surface area contributed by atoms with Gasteiger partial charge in [-0.05, 0) is 24.8 Å².